The molecule has 1 fully saturated rings. The zero-order valence-corrected chi connectivity index (χ0v) is 20.0. The number of sulfonamides is 1. The summed E-state index contributed by atoms with van der Waals surface area (Å²) in [5.41, 5.74) is 1.27. The Balaban J connectivity index is 1.71. The third kappa shape index (κ3) is 5.33. The van der Waals surface area contributed by atoms with E-state index in [2.05, 4.69) is 5.32 Å². The monoisotopic (exact) mass is 475 g/mol. The molecule has 0 aromatic heterocycles. The number of nitrogens with one attached hydrogen (secondary N) is 1. The van der Waals surface area contributed by atoms with Crippen molar-refractivity contribution >= 4 is 27.3 Å². The molecule has 33 heavy (non-hydrogen) atoms. The molecule has 9 nitrogen and oxygen atoms in total. The number of hydrogen-bond acceptors (Lipinski definition) is 6. The van der Waals surface area contributed by atoms with Crippen molar-refractivity contribution in [1.82, 2.24) is 4.31 Å². The minimum atomic E-state index is -3.93. The lowest BCUT2D eigenvalue weighted by Crippen LogP contribution is -2.41. The number of benzene rings is 2. The van der Waals surface area contributed by atoms with E-state index in [-0.39, 0.29) is 40.7 Å². The Kier molecular flexibility index (Phi) is 6.80. The number of amides is 1. The van der Waals surface area contributed by atoms with Gasteiger partial charge in [-0.25, -0.2) is 8.42 Å². The van der Waals surface area contributed by atoms with Crippen molar-refractivity contribution in [2.45, 2.75) is 50.8 Å². The van der Waals surface area contributed by atoms with Crippen molar-refractivity contribution in [3.05, 3.63) is 57.6 Å². The second-order valence-electron chi connectivity index (χ2n) is 9.36. The fourth-order valence-corrected chi connectivity index (χ4v) is 5.53. The topological polar surface area (TPSA) is 130 Å². The lowest BCUT2D eigenvalue weighted by Gasteiger charge is -2.31. The largest absolute Gasteiger partial charge is 0.506 e. The smallest absolute Gasteiger partial charge is 0.270 e. The molecule has 178 valence electrons. The van der Waals surface area contributed by atoms with Gasteiger partial charge in [0.05, 0.1) is 15.5 Å². The lowest BCUT2D eigenvalue weighted by molar-refractivity contribution is -0.385. The number of phenols is 1. The number of phenolic OH excluding ortho intramolecular Hbond substituents is 1. The van der Waals surface area contributed by atoms with Gasteiger partial charge in [0, 0.05) is 31.1 Å². The van der Waals surface area contributed by atoms with E-state index in [4.69, 9.17) is 0 Å². The second kappa shape index (κ2) is 9.11. The van der Waals surface area contributed by atoms with Gasteiger partial charge in [-0.3, -0.25) is 14.9 Å². The van der Waals surface area contributed by atoms with Gasteiger partial charge < -0.3 is 10.4 Å². The Labute approximate surface area is 193 Å². The summed E-state index contributed by atoms with van der Waals surface area (Å²) >= 11 is 0. The van der Waals surface area contributed by atoms with Gasteiger partial charge in [0.2, 0.25) is 15.9 Å². The van der Waals surface area contributed by atoms with Crippen LogP contribution in [-0.2, 0) is 20.2 Å². The van der Waals surface area contributed by atoms with Crippen LogP contribution in [0.25, 0.3) is 0 Å². The maximum absolute atomic E-state index is 13.1. The molecule has 0 saturated carbocycles. The molecule has 2 aromatic rings. The van der Waals surface area contributed by atoms with E-state index in [0.717, 1.165) is 11.6 Å². The molecule has 1 heterocycles. The van der Waals surface area contributed by atoms with Crippen LogP contribution in [-0.4, -0.2) is 41.7 Å². The first-order chi connectivity index (χ1) is 15.3. The highest BCUT2D eigenvalue weighted by atomic mass is 32.2. The molecule has 1 aliphatic rings. The summed E-state index contributed by atoms with van der Waals surface area (Å²) in [5.74, 6) is -0.724. The first-order valence-electron chi connectivity index (χ1n) is 10.7. The average molecular weight is 476 g/mol. The molecule has 0 spiro atoms. The van der Waals surface area contributed by atoms with Gasteiger partial charge in [0.1, 0.15) is 5.75 Å². The molecule has 1 saturated heterocycles. The maximum Gasteiger partial charge on any atom is 0.270 e. The molecule has 2 aromatic carbocycles. The fraction of sp³-hybridized carbons (Fsp3) is 0.435. The average Bonchev–Trinajstić information content (AvgIpc) is 2.74. The summed E-state index contributed by atoms with van der Waals surface area (Å²) in [6.07, 6.45) is 0.609. The third-order valence-corrected chi connectivity index (χ3v) is 7.99. The number of piperidine rings is 1. The predicted molar refractivity (Wildman–Crippen MR) is 125 cm³/mol. The van der Waals surface area contributed by atoms with Crippen molar-refractivity contribution < 1.29 is 23.2 Å². The lowest BCUT2D eigenvalue weighted by atomic mass is 9.86. The molecule has 2 N–H and O–H groups in total. The van der Waals surface area contributed by atoms with Gasteiger partial charge in [-0.2, -0.15) is 4.31 Å². The summed E-state index contributed by atoms with van der Waals surface area (Å²) in [5, 5.41) is 24.0. The van der Waals surface area contributed by atoms with Crippen LogP contribution >= 0.6 is 0 Å². The fourth-order valence-electron chi connectivity index (χ4n) is 3.82. The van der Waals surface area contributed by atoms with Gasteiger partial charge >= 0.3 is 0 Å². The van der Waals surface area contributed by atoms with Crippen molar-refractivity contribution in [3.63, 3.8) is 0 Å². The standard InChI is InChI=1S/C23H29N3O6S/c1-15-5-7-18(26(29)30)14-21(15)33(31,32)25-11-9-16(10-12-25)22(28)24-19-13-17(23(2,3)4)6-8-20(19)27/h5-8,13-14,16,27H,9-12H2,1-4H3,(H,24,28). The summed E-state index contributed by atoms with van der Waals surface area (Å²) in [4.78, 5) is 23.2. The summed E-state index contributed by atoms with van der Waals surface area (Å²) in [6, 6.07) is 8.88. The Morgan fingerprint density at radius 3 is 2.36 bits per heavy atom. The molecule has 3 rings (SSSR count). The van der Waals surface area contributed by atoms with Crippen molar-refractivity contribution in [3.8, 4) is 5.75 Å². The molecule has 10 heteroatoms. The zero-order valence-electron chi connectivity index (χ0n) is 19.2. The molecule has 0 atom stereocenters. The van der Waals surface area contributed by atoms with Crippen molar-refractivity contribution in [2.24, 2.45) is 5.92 Å². The number of aromatic hydroxyl groups is 1. The van der Waals surface area contributed by atoms with E-state index in [1.54, 1.807) is 19.1 Å². The van der Waals surface area contributed by atoms with Crippen LogP contribution in [0, 0.1) is 23.0 Å². The van der Waals surface area contributed by atoms with E-state index in [1.807, 2.05) is 26.8 Å². The van der Waals surface area contributed by atoms with Crippen LogP contribution in [0.2, 0.25) is 0 Å². The number of nitrogens with zero attached hydrogens (tertiary/aromatic N) is 2. The number of rotatable bonds is 5. The Morgan fingerprint density at radius 1 is 1.15 bits per heavy atom. The van der Waals surface area contributed by atoms with Gasteiger partial charge in [-0.1, -0.05) is 32.9 Å². The van der Waals surface area contributed by atoms with E-state index in [1.165, 1.54) is 16.4 Å². The highest BCUT2D eigenvalue weighted by Gasteiger charge is 2.34. The molecule has 0 radical (unpaired) electrons. The van der Waals surface area contributed by atoms with E-state index in [0.29, 0.717) is 24.1 Å². The molecule has 1 aliphatic heterocycles. The Bertz CT molecular complexity index is 1180. The third-order valence-electron chi connectivity index (χ3n) is 5.95. The SMILES string of the molecule is Cc1ccc([N+](=O)[O-])cc1S(=O)(=O)N1CCC(C(=O)Nc2cc(C(C)(C)C)ccc2O)CC1. The van der Waals surface area contributed by atoms with Gasteiger partial charge in [-0.05, 0) is 48.4 Å². The number of nitro groups is 1. The number of hydrogen-bond donors (Lipinski definition) is 2. The molecular weight excluding hydrogens is 446 g/mol. The van der Waals surface area contributed by atoms with Crippen LogP contribution in [0.5, 0.6) is 5.75 Å². The van der Waals surface area contributed by atoms with Crippen LogP contribution in [0.3, 0.4) is 0 Å². The van der Waals surface area contributed by atoms with E-state index >= 15 is 0 Å². The number of carbonyl (C=O) groups excluding carboxylic acids is 1. The number of aryl methyl sites for hydroxylation is 1. The summed E-state index contributed by atoms with van der Waals surface area (Å²) in [7, 11) is -3.93. The Morgan fingerprint density at radius 2 is 1.79 bits per heavy atom. The highest BCUT2D eigenvalue weighted by molar-refractivity contribution is 7.89. The molecular formula is C23H29N3O6S. The molecule has 0 aliphatic carbocycles. The van der Waals surface area contributed by atoms with Gasteiger partial charge in [0.25, 0.3) is 5.69 Å². The minimum Gasteiger partial charge on any atom is -0.506 e. The second-order valence-corrected chi connectivity index (χ2v) is 11.3. The first kappa shape index (κ1) is 24.7. The number of non-ortho nitro benzene ring substituents is 1. The molecule has 0 bridgehead atoms. The quantitative estimate of drug-likeness (QED) is 0.383. The van der Waals surface area contributed by atoms with Crippen molar-refractivity contribution in [2.75, 3.05) is 18.4 Å². The minimum absolute atomic E-state index is 0.0301. The van der Waals surface area contributed by atoms with E-state index < -0.39 is 20.9 Å². The maximum atomic E-state index is 13.1. The normalized spacial score (nSPS) is 15.9. The van der Waals surface area contributed by atoms with Gasteiger partial charge in [0.15, 0.2) is 0 Å². The number of anilines is 1. The van der Waals surface area contributed by atoms with Crippen LogP contribution < -0.4 is 5.32 Å². The predicted octanol–water partition coefficient (Wildman–Crippen LogP) is 3.95. The van der Waals surface area contributed by atoms with Crippen LogP contribution in [0.15, 0.2) is 41.3 Å². The molecule has 1 amide bonds. The zero-order chi connectivity index (χ0) is 24.6. The Hall–Kier alpha value is -2.98. The number of nitro benzene ring substituents is 1. The van der Waals surface area contributed by atoms with Crippen LogP contribution in [0.1, 0.15) is 44.7 Å². The van der Waals surface area contributed by atoms with Gasteiger partial charge in [-0.15, -0.1) is 0 Å². The first-order valence-corrected chi connectivity index (χ1v) is 12.1. The number of carbonyl (C=O) groups is 1. The summed E-state index contributed by atoms with van der Waals surface area (Å²) in [6.45, 7) is 7.93. The summed E-state index contributed by atoms with van der Waals surface area (Å²) < 4.78 is 27.5. The van der Waals surface area contributed by atoms with E-state index in [9.17, 15) is 28.4 Å². The highest BCUT2D eigenvalue weighted by Crippen LogP contribution is 2.32. The van der Waals surface area contributed by atoms with Crippen LogP contribution in [0.4, 0.5) is 11.4 Å². The molecule has 0 unspecified atom stereocenters. The van der Waals surface area contributed by atoms with Crippen molar-refractivity contribution in [1.29, 1.82) is 0 Å².